The van der Waals surface area contributed by atoms with Gasteiger partial charge in [-0.1, -0.05) is 13.8 Å². The number of amides is 1. The van der Waals surface area contributed by atoms with Gasteiger partial charge in [0, 0.05) is 11.9 Å². The molecule has 0 aliphatic carbocycles. The van der Waals surface area contributed by atoms with Crippen molar-refractivity contribution in [1.29, 1.82) is 0 Å². The molecule has 1 amide bonds. The highest BCUT2D eigenvalue weighted by atomic mass is 32.1. The van der Waals surface area contributed by atoms with Gasteiger partial charge in [-0.05, 0) is 40.0 Å². The topological polar surface area (TPSA) is 51.7 Å². The summed E-state index contributed by atoms with van der Waals surface area (Å²) >= 11 is 1.67. The van der Waals surface area contributed by atoms with Gasteiger partial charge in [0.15, 0.2) is 0 Å². The minimum Gasteiger partial charge on any atom is -0.444 e. The van der Waals surface area contributed by atoms with Crippen LogP contribution in [0, 0.1) is 0 Å². The number of aromatic nitrogens is 1. The normalized spacial score (nSPS) is 21.7. The molecule has 0 radical (unpaired) electrons. The Bertz CT molecular complexity index is 538. The third-order valence-electron chi connectivity index (χ3n) is 4.04. The highest BCUT2D eigenvalue weighted by molar-refractivity contribution is 7.09. The van der Waals surface area contributed by atoms with Gasteiger partial charge >= 0.3 is 6.09 Å². The Morgan fingerprint density at radius 2 is 2.17 bits per heavy atom. The number of aryl methyl sites for hydroxylation is 1. The molecule has 1 aliphatic heterocycles. The van der Waals surface area contributed by atoms with Gasteiger partial charge in [-0.3, -0.25) is 0 Å². The first-order valence-corrected chi connectivity index (χ1v) is 9.20. The molecule has 1 atom stereocenters. The summed E-state index contributed by atoms with van der Waals surface area (Å²) in [6.45, 7) is 11.6. The number of rotatable bonds is 5. The maximum atomic E-state index is 12.2. The summed E-state index contributed by atoms with van der Waals surface area (Å²) in [5.74, 6) is 0. The third kappa shape index (κ3) is 4.91. The van der Waals surface area contributed by atoms with Crippen LogP contribution >= 0.6 is 11.3 Å². The lowest BCUT2D eigenvalue weighted by molar-refractivity contribution is -0.0538. The van der Waals surface area contributed by atoms with Crippen molar-refractivity contribution in [2.75, 3.05) is 13.1 Å². The average Bonchev–Trinajstić information content (AvgIpc) is 3.11. The fraction of sp³-hybridized carbons (Fsp3) is 0.765. The molecule has 2 heterocycles. The van der Waals surface area contributed by atoms with Crippen molar-refractivity contribution >= 4 is 17.4 Å². The zero-order chi connectivity index (χ0) is 17.1. The van der Waals surface area contributed by atoms with Gasteiger partial charge in [-0.25, -0.2) is 9.78 Å². The van der Waals surface area contributed by atoms with Crippen molar-refractivity contribution in [2.45, 2.75) is 71.7 Å². The van der Waals surface area contributed by atoms with Crippen LogP contribution in [0.4, 0.5) is 4.79 Å². The van der Waals surface area contributed by atoms with Crippen molar-refractivity contribution in [3.05, 3.63) is 16.1 Å². The molecule has 0 bridgehead atoms. The quantitative estimate of drug-likeness (QED) is 0.812. The SMILES string of the molecule is CCc1nc(COC2(CC)CCN(C(=O)OC(C)(C)C)C2)cs1. The van der Waals surface area contributed by atoms with Gasteiger partial charge in [-0.15, -0.1) is 11.3 Å². The van der Waals surface area contributed by atoms with E-state index in [4.69, 9.17) is 9.47 Å². The number of ether oxygens (including phenoxy) is 2. The van der Waals surface area contributed by atoms with E-state index in [1.54, 1.807) is 16.2 Å². The summed E-state index contributed by atoms with van der Waals surface area (Å²) in [7, 11) is 0. The average molecular weight is 340 g/mol. The molecule has 1 aromatic heterocycles. The van der Waals surface area contributed by atoms with Crippen LogP contribution < -0.4 is 0 Å². The summed E-state index contributed by atoms with van der Waals surface area (Å²) in [6, 6.07) is 0. The fourth-order valence-electron chi connectivity index (χ4n) is 2.64. The molecule has 0 aromatic carbocycles. The molecule has 1 saturated heterocycles. The fourth-order valence-corrected chi connectivity index (χ4v) is 3.37. The van der Waals surface area contributed by atoms with E-state index in [2.05, 4.69) is 24.2 Å². The lowest BCUT2D eigenvalue weighted by Crippen LogP contribution is -2.40. The second-order valence-electron chi connectivity index (χ2n) is 7.06. The third-order valence-corrected chi connectivity index (χ3v) is 5.08. The molecule has 6 heteroatoms. The van der Waals surface area contributed by atoms with Crippen LogP contribution in [0.3, 0.4) is 0 Å². The van der Waals surface area contributed by atoms with E-state index in [0.717, 1.165) is 30.0 Å². The lowest BCUT2D eigenvalue weighted by Gasteiger charge is -2.29. The molecule has 1 fully saturated rings. The van der Waals surface area contributed by atoms with Gasteiger partial charge < -0.3 is 14.4 Å². The van der Waals surface area contributed by atoms with E-state index < -0.39 is 5.60 Å². The Kier molecular flexibility index (Phi) is 5.68. The van der Waals surface area contributed by atoms with Crippen LogP contribution in [-0.4, -0.2) is 40.3 Å². The number of thiazole rings is 1. The minimum atomic E-state index is -0.466. The smallest absolute Gasteiger partial charge is 0.410 e. The Balaban J connectivity index is 1.93. The lowest BCUT2D eigenvalue weighted by atomic mass is 10.00. The molecule has 1 aliphatic rings. The summed E-state index contributed by atoms with van der Waals surface area (Å²) in [5, 5.41) is 3.19. The Hall–Kier alpha value is -1.14. The van der Waals surface area contributed by atoms with Crippen LogP contribution in [0.15, 0.2) is 5.38 Å². The summed E-state index contributed by atoms with van der Waals surface area (Å²) in [6.07, 6.45) is 2.42. The highest BCUT2D eigenvalue weighted by Gasteiger charge is 2.41. The van der Waals surface area contributed by atoms with E-state index in [-0.39, 0.29) is 11.7 Å². The number of likely N-dealkylation sites (tertiary alicyclic amines) is 1. The van der Waals surface area contributed by atoms with E-state index in [1.807, 2.05) is 20.8 Å². The van der Waals surface area contributed by atoms with Crippen molar-refractivity contribution in [3.8, 4) is 0 Å². The van der Waals surface area contributed by atoms with E-state index in [1.165, 1.54) is 0 Å². The molecular weight excluding hydrogens is 312 g/mol. The molecule has 1 aromatic rings. The van der Waals surface area contributed by atoms with Crippen LogP contribution in [0.2, 0.25) is 0 Å². The summed E-state index contributed by atoms with van der Waals surface area (Å²) < 4.78 is 11.6. The Morgan fingerprint density at radius 3 is 2.74 bits per heavy atom. The standard InChI is InChI=1S/C17H28N2O3S/c1-6-14-18-13(11-23-14)10-21-17(7-2)8-9-19(12-17)15(20)22-16(3,4)5/h11H,6-10,12H2,1-5H3. The van der Waals surface area contributed by atoms with Crippen LogP contribution in [0.5, 0.6) is 0 Å². The predicted molar refractivity (Wildman–Crippen MR) is 91.7 cm³/mol. The van der Waals surface area contributed by atoms with Gasteiger partial charge in [0.2, 0.25) is 0 Å². The first kappa shape index (κ1) is 18.2. The van der Waals surface area contributed by atoms with Crippen LogP contribution in [0.1, 0.15) is 58.2 Å². The number of carbonyl (C=O) groups excluding carboxylic acids is 1. The van der Waals surface area contributed by atoms with Crippen molar-refractivity contribution < 1.29 is 14.3 Å². The minimum absolute atomic E-state index is 0.252. The highest BCUT2D eigenvalue weighted by Crippen LogP contribution is 2.31. The zero-order valence-corrected chi connectivity index (χ0v) is 15.7. The monoisotopic (exact) mass is 340 g/mol. The molecule has 0 spiro atoms. The second kappa shape index (κ2) is 7.18. The Labute approximate surface area is 143 Å². The first-order valence-electron chi connectivity index (χ1n) is 8.32. The van der Waals surface area contributed by atoms with Gasteiger partial charge in [0.25, 0.3) is 0 Å². The van der Waals surface area contributed by atoms with E-state index >= 15 is 0 Å². The maximum absolute atomic E-state index is 12.2. The number of hydrogen-bond donors (Lipinski definition) is 0. The van der Waals surface area contributed by atoms with Gasteiger partial charge in [0.05, 0.1) is 29.5 Å². The molecule has 0 N–H and O–H groups in total. The van der Waals surface area contributed by atoms with Gasteiger partial charge in [0.1, 0.15) is 5.60 Å². The van der Waals surface area contributed by atoms with Crippen molar-refractivity contribution in [2.24, 2.45) is 0 Å². The number of nitrogens with zero attached hydrogens (tertiary/aromatic N) is 2. The molecular formula is C17H28N2O3S. The molecule has 0 saturated carbocycles. The maximum Gasteiger partial charge on any atom is 0.410 e. The van der Waals surface area contributed by atoms with Crippen molar-refractivity contribution in [3.63, 3.8) is 0 Å². The number of carbonyl (C=O) groups is 1. The predicted octanol–water partition coefficient (Wildman–Crippen LogP) is 4.01. The molecule has 5 nitrogen and oxygen atoms in total. The summed E-state index contributed by atoms with van der Waals surface area (Å²) in [5.41, 5.74) is 0.231. The second-order valence-corrected chi connectivity index (χ2v) is 8.01. The van der Waals surface area contributed by atoms with Gasteiger partial charge in [-0.2, -0.15) is 0 Å². The largest absolute Gasteiger partial charge is 0.444 e. The molecule has 130 valence electrons. The van der Waals surface area contributed by atoms with E-state index in [0.29, 0.717) is 19.7 Å². The van der Waals surface area contributed by atoms with Crippen LogP contribution in [-0.2, 0) is 22.5 Å². The first-order chi connectivity index (χ1) is 10.8. The number of hydrogen-bond acceptors (Lipinski definition) is 5. The van der Waals surface area contributed by atoms with E-state index in [9.17, 15) is 4.79 Å². The van der Waals surface area contributed by atoms with Crippen molar-refractivity contribution in [1.82, 2.24) is 9.88 Å². The zero-order valence-electron chi connectivity index (χ0n) is 14.8. The molecule has 1 unspecified atom stereocenters. The summed E-state index contributed by atoms with van der Waals surface area (Å²) in [4.78, 5) is 18.5. The molecule has 23 heavy (non-hydrogen) atoms. The Morgan fingerprint density at radius 1 is 1.43 bits per heavy atom. The molecule has 2 rings (SSSR count). The van der Waals surface area contributed by atoms with Crippen LogP contribution in [0.25, 0.3) is 0 Å².